The molecule has 2 N–H and O–H groups in total. The largest absolute Gasteiger partial charge is 0.396 e. The summed E-state index contributed by atoms with van der Waals surface area (Å²) in [5.41, 5.74) is 0. The molecule has 1 aromatic heterocycles. The van der Waals surface area contributed by atoms with Gasteiger partial charge in [-0.05, 0) is 25.2 Å². The van der Waals surface area contributed by atoms with E-state index in [4.69, 9.17) is 5.11 Å². The Morgan fingerprint density at radius 1 is 1.47 bits per heavy atom. The summed E-state index contributed by atoms with van der Waals surface area (Å²) in [5, 5.41) is 11.6. The van der Waals surface area contributed by atoms with Crippen LogP contribution in [0.3, 0.4) is 0 Å². The fourth-order valence-corrected chi connectivity index (χ4v) is 2.53. The van der Waals surface area contributed by atoms with Gasteiger partial charge in [0.05, 0.1) is 0 Å². The van der Waals surface area contributed by atoms with Crippen LogP contribution < -0.4 is 10.2 Å². The van der Waals surface area contributed by atoms with Gasteiger partial charge in [0.2, 0.25) is 0 Å². The first kappa shape index (κ1) is 14.0. The van der Waals surface area contributed by atoms with E-state index in [0.717, 1.165) is 18.9 Å². The van der Waals surface area contributed by atoms with Crippen molar-refractivity contribution in [2.75, 3.05) is 37.0 Å². The summed E-state index contributed by atoms with van der Waals surface area (Å²) < 4.78 is 27.2. The summed E-state index contributed by atoms with van der Waals surface area (Å²) in [5.74, 6) is -0.745. The fraction of sp³-hybridized carbons (Fsp3) is 0.615. The third-order valence-corrected chi connectivity index (χ3v) is 3.50. The Hall–Kier alpha value is -1.43. The van der Waals surface area contributed by atoms with E-state index in [-0.39, 0.29) is 18.2 Å². The van der Waals surface area contributed by atoms with Crippen molar-refractivity contribution in [2.24, 2.45) is 5.92 Å². The Bertz CT molecular complexity index is 440. The predicted octanol–water partition coefficient (Wildman–Crippen LogP) is 2.00. The second-order valence-corrected chi connectivity index (χ2v) is 4.84. The minimum absolute atomic E-state index is 0.0562. The molecule has 1 saturated heterocycles. The lowest BCUT2D eigenvalue weighted by molar-refractivity contribution is 0.244. The van der Waals surface area contributed by atoms with Crippen LogP contribution in [0.1, 0.15) is 19.3 Å². The van der Waals surface area contributed by atoms with Crippen LogP contribution in [-0.2, 0) is 0 Å². The van der Waals surface area contributed by atoms with Crippen molar-refractivity contribution in [1.82, 2.24) is 4.98 Å². The summed E-state index contributed by atoms with van der Waals surface area (Å²) in [7, 11) is 1.55. The smallest absolute Gasteiger partial charge is 0.168 e. The van der Waals surface area contributed by atoms with Crippen molar-refractivity contribution in [1.29, 1.82) is 0 Å². The molecule has 0 saturated carbocycles. The van der Waals surface area contributed by atoms with Crippen LogP contribution in [0, 0.1) is 17.6 Å². The van der Waals surface area contributed by atoms with Crippen LogP contribution in [0.15, 0.2) is 6.07 Å². The molecule has 106 valence electrons. The highest BCUT2D eigenvalue weighted by Crippen LogP contribution is 2.27. The molecule has 2 heterocycles. The molecular weight excluding hydrogens is 252 g/mol. The highest BCUT2D eigenvalue weighted by Gasteiger charge is 2.24. The normalized spacial score (nSPS) is 19.6. The molecule has 0 bridgehead atoms. The van der Waals surface area contributed by atoms with E-state index in [0.29, 0.717) is 25.4 Å². The number of hydrogen-bond acceptors (Lipinski definition) is 4. The minimum atomic E-state index is -0.687. The van der Waals surface area contributed by atoms with Gasteiger partial charge in [-0.1, -0.05) is 0 Å². The van der Waals surface area contributed by atoms with E-state index >= 15 is 0 Å². The average Bonchev–Trinajstić information content (AvgIpc) is 2.39. The maximum atomic E-state index is 13.8. The number of anilines is 2. The Morgan fingerprint density at radius 2 is 2.26 bits per heavy atom. The number of hydrogen-bond donors (Lipinski definition) is 2. The van der Waals surface area contributed by atoms with Crippen molar-refractivity contribution in [3.8, 4) is 0 Å². The molecule has 0 amide bonds. The maximum Gasteiger partial charge on any atom is 0.168 e. The van der Waals surface area contributed by atoms with Crippen LogP contribution in [-0.4, -0.2) is 36.8 Å². The first-order valence-corrected chi connectivity index (χ1v) is 6.55. The second-order valence-electron chi connectivity index (χ2n) is 4.84. The van der Waals surface area contributed by atoms with Gasteiger partial charge < -0.3 is 15.3 Å². The minimum Gasteiger partial charge on any atom is -0.396 e. The summed E-state index contributed by atoms with van der Waals surface area (Å²) in [6.07, 6.45) is 2.66. The van der Waals surface area contributed by atoms with Gasteiger partial charge in [0.25, 0.3) is 0 Å². The summed E-state index contributed by atoms with van der Waals surface area (Å²) >= 11 is 0. The Morgan fingerprint density at radius 3 is 2.95 bits per heavy atom. The zero-order chi connectivity index (χ0) is 13.8. The molecule has 1 aliphatic heterocycles. The third-order valence-electron chi connectivity index (χ3n) is 3.50. The van der Waals surface area contributed by atoms with E-state index in [2.05, 4.69) is 10.3 Å². The molecule has 1 aliphatic rings. The predicted molar refractivity (Wildman–Crippen MR) is 70.3 cm³/mol. The molecule has 19 heavy (non-hydrogen) atoms. The van der Waals surface area contributed by atoms with Crippen LogP contribution in [0.25, 0.3) is 0 Å². The van der Waals surface area contributed by atoms with E-state index in [9.17, 15) is 8.78 Å². The number of rotatable bonds is 4. The van der Waals surface area contributed by atoms with E-state index in [1.807, 2.05) is 4.90 Å². The molecule has 1 unspecified atom stereocenters. The number of aliphatic hydroxyl groups excluding tert-OH is 1. The van der Waals surface area contributed by atoms with Crippen LogP contribution in [0.2, 0.25) is 0 Å². The lowest BCUT2D eigenvalue weighted by atomic mass is 9.95. The number of piperidine rings is 1. The summed E-state index contributed by atoms with van der Waals surface area (Å²) in [6, 6.07) is 0.865. The van der Waals surface area contributed by atoms with Crippen LogP contribution >= 0.6 is 0 Å². The van der Waals surface area contributed by atoms with Gasteiger partial charge >= 0.3 is 0 Å². The first-order valence-electron chi connectivity index (χ1n) is 6.55. The van der Waals surface area contributed by atoms with Gasteiger partial charge in [0.1, 0.15) is 0 Å². The van der Waals surface area contributed by atoms with Gasteiger partial charge in [-0.15, -0.1) is 0 Å². The number of nitrogens with zero attached hydrogens (tertiary/aromatic N) is 2. The standard InChI is InChI=1S/C13H19F2N3O/c1-16-12-10(14)7-11(15)13(17-12)18-5-2-3-9(8-18)4-6-19/h7,9,19H,2-6,8H2,1H3,(H,16,17). The quantitative estimate of drug-likeness (QED) is 0.879. The van der Waals surface area contributed by atoms with Crippen LogP contribution in [0.5, 0.6) is 0 Å². The average molecular weight is 271 g/mol. The molecule has 0 aromatic carbocycles. The molecular formula is C13H19F2N3O. The monoisotopic (exact) mass is 271 g/mol. The molecule has 1 atom stereocenters. The molecule has 0 aliphatic carbocycles. The molecule has 1 aromatic rings. The lowest BCUT2D eigenvalue weighted by Gasteiger charge is -2.33. The van der Waals surface area contributed by atoms with Crippen molar-refractivity contribution >= 4 is 11.6 Å². The number of aromatic nitrogens is 1. The molecule has 6 heteroatoms. The zero-order valence-corrected chi connectivity index (χ0v) is 11.0. The lowest BCUT2D eigenvalue weighted by Crippen LogP contribution is -2.37. The highest BCUT2D eigenvalue weighted by atomic mass is 19.1. The van der Waals surface area contributed by atoms with Gasteiger partial charge in [-0.3, -0.25) is 0 Å². The number of nitrogens with one attached hydrogen (secondary N) is 1. The molecule has 1 fully saturated rings. The number of aliphatic hydroxyl groups is 1. The number of halogens is 2. The van der Waals surface area contributed by atoms with Gasteiger partial charge in [-0.2, -0.15) is 0 Å². The first-order chi connectivity index (χ1) is 9.15. The van der Waals surface area contributed by atoms with E-state index < -0.39 is 11.6 Å². The fourth-order valence-electron chi connectivity index (χ4n) is 2.53. The van der Waals surface area contributed by atoms with Crippen molar-refractivity contribution in [3.05, 3.63) is 17.7 Å². The van der Waals surface area contributed by atoms with Gasteiger partial charge in [0, 0.05) is 32.8 Å². The number of pyridine rings is 1. The Labute approximate surface area is 111 Å². The SMILES string of the molecule is CNc1nc(N2CCCC(CCO)C2)c(F)cc1F. The molecule has 0 spiro atoms. The second kappa shape index (κ2) is 6.14. The van der Waals surface area contributed by atoms with Crippen molar-refractivity contribution in [3.63, 3.8) is 0 Å². The summed E-state index contributed by atoms with van der Waals surface area (Å²) in [4.78, 5) is 5.84. The molecule has 0 radical (unpaired) electrons. The third kappa shape index (κ3) is 3.12. The zero-order valence-electron chi connectivity index (χ0n) is 11.0. The Balaban J connectivity index is 2.20. The Kier molecular flexibility index (Phi) is 4.52. The van der Waals surface area contributed by atoms with E-state index in [1.165, 1.54) is 0 Å². The van der Waals surface area contributed by atoms with Crippen molar-refractivity contribution in [2.45, 2.75) is 19.3 Å². The van der Waals surface area contributed by atoms with Crippen molar-refractivity contribution < 1.29 is 13.9 Å². The van der Waals surface area contributed by atoms with Gasteiger partial charge in [-0.25, -0.2) is 13.8 Å². The molecule has 4 nitrogen and oxygen atoms in total. The maximum absolute atomic E-state index is 13.8. The topological polar surface area (TPSA) is 48.4 Å². The van der Waals surface area contributed by atoms with Gasteiger partial charge in [0.15, 0.2) is 23.3 Å². The van der Waals surface area contributed by atoms with Crippen LogP contribution in [0.4, 0.5) is 20.4 Å². The van der Waals surface area contributed by atoms with E-state index in [1.54, 1.807) is 7.05 Å². The molecule has 2 rings (SSSR count). The highest BCUT2D eigenvalue weighted by molar-refractivity contribution is 5.49. The summed E-state index contributed by atoms with van der Waals surface area (Å²) in [6.45, 7) is 1.50.